The van der Waals surface area contributed by atoms with Crippen LogP contribution in [0, 0.1) is 0 Å². The Labute approximate surface area is 163 Å². The number of halogens is 1. The molecule has 0 aliphatic rings. The zero-order valence-corrected chi connectivity index (χ0v) is 16.0. The molecule has 0 bridgehead atoms. The Morgan fingerprint density at radius 3 is 2.22 bits per heavy atom. The van der Waals surface area contributed by atoms with Crippen molar-refractivity contribution in [3.05, 3.63) is 64.7 Å². The average molecular weight is 389 g/mol. The number of carbonyl (C=O) groups excluding carboxylic acids is 3. The summed E-state index contributed by atoms with van der Waals surface area (Å²) in [5, 5.41) is 3.37. The molecule has 0 atom stereocenters. The van der Waals surface area contributed by atoms with E-state index in [1.54, 1.807) is 36.4 Å². The van der Waals surface area contributed by atoms with E-state index in [0.717, 1.165) is 5.56 Å². The van der Waals surface area contributed by atoms with E-state index in [-0.39, 0.29) is 18.4 Å². The Morgan fingerprint density at radius 1 is 1.04 bits per heavy atom. The van der Waals surface area contributed by atoms with Gasteiger partial charge in [0.1, 0.15) is 0 Å². The summed E-state index contributed by atoms with van der Waals surface area (Å²) in [5.74, 6) is -0.940. The van der Waals surface area contributed by atoms with Gasteiger partial charge in [-0.2, -0.15) is 0 Å². The summed E-state index contributed by atoms with van der Waals surface area (Å²) in [6.45, 7) is 1.80. The van der Waals surface area contributed by atoms with Crippen LogP contribution in [0.25, 0.3) is 0 Å². The average Bonchev–Trinajstić information content (AvgIpc) is 2.66. The van der Waals surface area contributed by atoms with Crippen molar-refractivity contribution in [3.63, 3.8) is 0 Å². The van der Waals surface area contributed by atoms with Gasteiger partial charge >= 0.3 is 5.97 Å². The van der Waals surface area contributed by atoms with E-state index in [9.17, 15) is 14.4 Å². The Morgan fingerprint density at radius 2 is 1.67 bits per heavy atom. The zero-order valence-electron chi connectivity index (χ0n) is 15.2. The molecule has 0 aliphatic carbocycles. The van der Waals surface area contributed by atoms with Crippen molar-refractivity contribution < 1.29 is 19.1 Å². The molecule has 2 rings (SSSR count). The van der Waals surface area contributed by atoms with E-state index in [4.69, 9.17) is 11.6 Å². The fourth-order valence-electron chi connectivity index (χ4n) is 2.44. The van der Waals surface area contributed by atoms with Crippen LogP contribution in [0.4, 0.5) is 5.69 Å². The molecule has 0 fully saturated rings. The number of methoxy groups -OCH3 is 1. The lowest BCUT2D eigenvalue weighted by atomic mass is 10.1. The van der Waals surface area contributed by atoms with E-state index in [0.29, 0.717) is 29.2 Å². The van der Waals surface area contributed by atoms with E-state index in [2.05, 4.69) is 10.1 Å². The Hall–Kier alpha value is -2.86. The first-order chi connectivity index (χ1) is 12.9. The van der Waals surface area contributed by atoms with Gasteiger partial charge in [-0.1, -0.05) is 23.7 Å². The maximum absolute atomic E-state index is 12.2. The minimum Gasteiger partial charge on any atom is -0.465 e. The van der Waals surface area contributed by atoms with Crippen molar-refractivity contribution in [2.45, 2.75) is 13.3 Å². The highest BCUT2D eigenvalue weighted by Gasteiger charge is 2.14. The fraction of sp³-hybridized carbons (Fsp3) is 0.250. The van der Waals surface area contributed by atoms with Gasteiger partial charge in [0.2, 0.25) is 11.8 Å². The van der Waals surface area contributed by atoms with Gasteiger partial charge in [-0.05, 0) is 48.4 Å². The number of carbonyl (C=O) groups is 3. The standard InChI is InChI=1S/C20H21ClN2O4/c1-14(24)23(12-11-15-3-7-17(21)8-4-15)13-19(25)22-18-9-5-16(6-10-18)20(26)27-2/h3-10H,11-13H2,1-2H3,(H,22,25). The smallest absolute Gasteiger partial charge is 0.337 e. The minimum atomic E-state index is -0.446. The largest absolute Gasteiger partial charge is 0.465 e. The number of esters is 1. The fourth-order valence-corrected chi connectivity index (χ4v) is 2.57. The van der Waals surface area contributed by atoms with Crippen LogP contribution >= 0.6 is 11.6 Å². The molecule has 0 aromatic heterocycles. The highest BCUT2D eigenvalue weighted by molar-refractivity contribution is 6.30. The minimum absolute atomic E-state index is 0.0539. The summed E-state index contributed by atoms with van der Waals surface area (Å²) in [7, 11) is 1.30. The molecule has 0 aliphatic heterocycles. The van der Waals surface area contributed by atoms with Crippen molar-refractivity contribution >= 4 is 35.1 Å². The lowest BCUT2D eigenvalue weighted by Crippen LogP contribution is -2.38. The van der Waals surface area contributed by atoms with Gasteiger partial charge in [0, 0.05) is 24.2 Å². The number of amides is 2. The number of nitrogens with zero attached hydrogens (tertiary/aromatic N) is 1. The third-order valence-corrected chi connectivity index (χ3v) is 4.21. The molecule has 6 nitrogen and oxygen atoms in total. The van der Waals surface area contributed by atoms with E-state index >= 15 is 0 Å². The van der Waals surface area contributed by atoms with Crippen LogP contribution in [-0.2, 0) is 20.7 Å². The molecule has 2 amide bonds. The van der Waals surface area contributed by atoms with Gasteiger partial charge in [-0.3, -0.25) is 9.59 Å². The summed E-state index contributed by atoms with van der Waals surface area (Å²) < 4.78 is 4.63. The summed E-state index contributed by atoms with van der Waals surface area (Å²) in [5.41, 5.74) is 1.96. The predicted octanol–water partition coefficient (Wildman–Crippen LogP) is 3.16. The second kappa shape index (κ2) is 9.73. The van der Waals surface area contributed by atoms with Crippen molar-refractivity contribution in [2.24, 2.45) is 0 Å². The van der Waals surface area contributed by atoms with E-state index < -0.39 is 5.97 Å². The number of hydrogen-bond acceptors (Lipinski definition) is 4. The molecule has 2 aromatic rings. The van der Waals surface area contributed by atoms with Crippen LogP contribution in [0.15, 0.2) is 48.5 Å². The van der Waals surface area contributed by atoms with E-state index in [1.165, 1.54) is 18.9 Å². The number of ether oxygens (including phenoxy) is 1. The number of rotatable bonds is 7. The second-order valence-electron chi connectivity index (χ2n) is 5.93. The van der Waals surface area contributed by atoms with Crippen LogP contribution in [0.5, 0.6) is 0 Å². The molecule has 2 aromatic carbocycles. The van der Waals surface area contributed by atoms with Gasteiger partial charge in [0.05, 0.1) is 19.2 Å². The molecule has 0 saturated carbocycles. The Kier molecular flexibility index (Phi) is 7.37. The summed E-state index contributed by atoms with van der Waals surface area (Å²) >= 11 is 5.86. The maximum Gasteiger partial charge on any atom is 0.337 e. The van der Waals surface area contributed by atoms with E-state index in [1.807, 2.05) is 12.1 Å². The van der Waals surface area contributed by atoms with Gasteiger partial charge in [-0.15, -0.1) is 0 Å². The van der Waals surface area contributed by atoms with Crippen LogP contribution < -0.4 is 5.32 Å². The first-order valence-corrected chi connectivity index (χ1v) is 8.75. The molecule has 1 N–H and O–H groups in total. The third kappa shape index (κ3) is 6.42. The van der Waals surface area contributed by atoms with Crippen molar-refractivity contribution in [1.29, 1.82) is 0 Å². The van der Waals surface area contributed by atoms with Gasteiger partial charge in [-0.25, -0.2) is 4.79 Å². The molecule has 27 heavy (non-hydrogen) atoms. The van der Waals surface area contributed by atoms with Crippen molar-refractivity contribution in [1.82, 2.24) is 4.90 Å². The van der Waals surface area contributed by atoms with Gasteiger partial charge in [0.15, 0.2) is 0 Å². The molecule has 0 spiro atoms. The first-order valence-electron chi connectivity index (χ1n) is 8.37. The van der Waals surface area contributed by atoms with Crippen LogP contribution in [0.2, 0.25) is 5.02 Å². The maximum atomic E-state index is 12.2. The predicted molar refractivity (Wildman–Crippen MR) is 104 cm³/mol. The first kappa shape index (κ1) is 20.5. The highest BCUT2D eigenvalue weighted by Crippen LogP contribution is 2.12. The SMILES string of the molecule is COC(=O)c1ccc(NC(=O)CN(CCc2ccc(Cl)cc2)C(C)=O)cc1. The summed E-state index contributed by atoms with van der Waals surface area (Å²) in [6, 6.07) is 13.7. The molecule has 142 valence electrons. The topological polar surface area (TPSA) is 75.7 Å². The molecule has 0 radical (unpaired) electrons. The second-order valence-corrected chi connectivity index (χ2v) is 6.37. The third-order valence-electron chi connectivity index (χ3n) is 3.95. The number of anilines is 1. The number of nitrogens with one attached hydrogen (secondary N) is 1. The van der Waals surface area contributed by atoms with Gasteiger partial charge < -0.3 is 15.0 Å². The summed E-state index contributed by atoms with van der Waals surface area (Å²) in [4.78, 5) is 37.0. The van der Waals surface area contributed by atoms with Crippen LogP contribution in [0.1, 0.15) is 22.8 Å². The van der Waals surface area contributed by atoms with Crippen molar-refractivity contribution in [3.8, 4) is 0 Å². The van der Waals surface area contributed by atoms with Gasteiger partial charge in [0.25, 0.3) is 0 Å². The molecule has 7 heteroatoms. The molecular formula is C20H21ClN2O4. The summed E-state index contributed by atoms with van der Waals surface area (Å²) in [6.07, 6.45) is 0.623. The lowest BCUT2D eigenvalue weighted by molar-refractivity contribution is -0.132. The quantitative estimate of drug-likeness (QED) is 0.739. The van der Waals surface area contributed by atoms with Crippen LogP contribution in [0.3, 0.4) is 0 Å². The Bertz CT molecular complexity index is 804. The normalized spacial score (nSPS) is 10.2. The number of benzene rings is 2. The Balaban J connectivity index is 1.91. The molecule has 0 saturated heterocycles. The zero-order chi connectivity index (χ0) is 19.8. The number of hydrogen-bond donors (Lipinski definition) is 1. The van der Waals surface area contributed by atoms with Crippen LogP contribution in [-0.4, -0.2) is 42.9 Å². The highest BCUT2D eigenvalue weighted by atomic mass is 35.5. The molecule has 0 unspecified atom stereocenters. The molecular weight excluding hydrogens is 368 g/mol. The lowest BCUT2D eigenvalue weighted by Gasteiger charge is -2.20. The monoisotopic (exact) mass is 388 g/mol. The molecule has 0 heterocycles. The van der Waals surface area contributed by atoms with Crippen molar-refractivity contribution in [2.75, 3.05) is 25.5 Å².